The molecule has 1 rings (SSSR count). The highest BCUT2D eigenvalue weighted by atomic mass is 32.2. The van der Waals surface area contributed by atoms with E-state index in [1.165, 1.54) is 25.3 Å². The summed E-state index contributed by atoms with van der Waals surface area (Å²) < 4.78 is 57.1. The maximum absolute atomic E-state index is 13.0. The second kappa shape index (κ2) is 8.29. The first-order valence-corrected chi connectivity index (χ1v) is 8.15. The van der Waals surface area contributed by atoms with Crippen LogP contribution in [0.4, 0.5) is 8.78 Å². The van der Waals surface area contributed by atoms with Crippen LogP contribution in [0, 0.1) is 0 Å². The number of carbonyl (C=O) groups is 1. The first-order chi connectivity index (χ1) is 10.7. The molecular weight excluding hydrogens is 332 g/mol. The van der Waals surface area contributed by atoms with Gasteiger partial charge in [-0.15, -0.1) is 0 Å². The third kappa shape index (κ3) is 6.18. The Labute approximate surface area is 133 Å². The fraction of sp³-hybridized carbons (Fsp3) is 0.462. The molecule has 0 aromatic heterocycles. The van der Waals surface area contributed by atoms with Crippen LogP contribution in [0.1, 0.15) is 10.4 Å². The van der Waals surface area contributed by atoms with E-state index in [0.717, 1.165) is 6.07 Å². The summed E-state index contributed by atoms with van der Waals surface area (Å²) in [6.07, 6.45) is 0. The van der Waals surface area contributed by atoms with Crippen molar-refractivity contribution in [1.29, 1.82) is 0 Å². The molecule has 7 nitrogen and oxygen atoms in total. The average molecular weight is 351 g/mol. The second-order valence-electron chi connectivity index (χ2n) is 4.66. The lowest BCUT2D eigenvalue weighted by Gasteiger charge is -2.14. The Balaban J connectivity index is 2.82. The lowest BCUT2D eigenvalue weighted by molar-refractivity contribution is 0.0118. The van der Waals surface area contributed by atoms with E-state index >= 15 is 0 Å². The van der Waals surface area contributed by atoms with Crippen LogP contribution >= 0.6 is 0 Å². The zero-order chi connectivity index (χ0) is 17.5. The molecular formula is C13H19F2N3O4S. The number of rotatable bonds is 9. The molecule has 130 valence electrons. The summed E-state index contributed by atoms with van der Waals surface area (Å²) in [6.45, 7) is -1.57. The summed E-state index contributed by atoms with van der Waals surface area (Å²) in [5.74, 6) is -4.03. The van der Waals surface area contributed by atoms with Gasteiger partial charge >= 0.3 is 0 Å². The van der Waals surface area contributed by atoms with E-state index < -0.39 is 34.9 Å². The molecule has 0 saturated carbocycles. The van der Waals surface area contributed by atoms with Crippen molar-refractivity contribution in [3.05, 3.63) is 29.8 Å². The van der Waals surface area contributed by atoms with Gasteiger partial charge in [-0.2, -0.15) is 0 Å². The van der Waals surface area contributed by atoms with Gasteiger partial charge in [0.1, 0.15) is 0 Å². The Morgan fingerprint density at radius 1 is 1.39 bits per heavy atom. The molecule has 0 fully saturated rings. The topological polar surface area (TPSA) is 111 Å². The molecule has 1 aromatic rings. The predicted molar refractivity (Wildman–Crippen MR) is 79.8 cm³/mol. The first-order valence-electron chi connectivity index (χ1n) is 6.66. The molecule has 1 amide bonds. The standard InChI is InChI=1S/C13H19F2N3O4S/c1-22-6-5-18-23(20,21)11-4-2-3-10(7-11)12(19)17-9-13(14,15)8-16/h2-4,7,18H,5-6,8-9,16H2,1H3,(H,17,19). The predicted octanol–water partition coefficient (Wildman–Crippen LogP) is -0.0649. The molecule has 0 atom stereocenters. The number of carbonyl (C=O) groups excluding carboxylic acids is 1. The minimum Gasteiger partial charge on any atom is -0.383 e. The summed E-state index contributed by atoms with van der Waals surface area (Å²) in [5, 5.41) is 2.02. The average Bonchev–Trinajstić information content (AvgIpc) is 2.53. The van der Waals surface area contributed by atoms with Crippen LogP contribution < -0.4 is 15.8 Å². The molecule has 0 spiro atoms. The van der Waals surface area contributed by atoms with Crippen LogP contribution in [0.15, 0.2) is 29.2 Å². The van der Waals surface area contributed by atoms with Crippen LogP contribution in [0.3, 0.4) is 0 Å². The second-order valence-corrected chi connectivity index (χ2v) is 6.43. The van der Waals surface area contributed by atoms with Crippen molar-refractivity contribution >= 4 is 15.9 Å². The summed E-state index contributed by atoms with van der Waals surface area (Å²) >= 11 is 0. The monoisotopic (exact) mass is 351 g/mol. The first kappa shape index (κ1) is 19.4. The van der Waals surface area contributed by atoms with Crippen LogP contribution in [-0.2, 0) is 14.8 Å². The normalized spacial score (nSPS) is 12.2. The largest absolute Gasteiger partial charge is 0.383 e. The van der Waals surface area contributed by atoms with E-state index in [1.54, 1.807) is 0 Å². The summed E-state index contributed by atoms with van der Waals surface area (Å²) in [5.41, 5.74) is 4.82. The van der Waals surface area contributed by atoms with E-state index in [0.29, 0.717) is 0 Å². The van der Waals surface area contributed by atoms with E-state index in [1.807, 2.05) is 5.32 Å². The molecule has 23 heavy (non-hydrogen) atoms. The Hall–Kier alpha value is -1.62. The number of amides is 1. The highest BCUT2D eigenvalue weighted by Crippen LogP contribution is 2.13. The fourth-order valence-electron chi connectivity index (χ4n) is 1.55. The third-order valence-electron chi connectivity index (χ3n) is 2.81. The Bertz CT molecular complexity index is 638. The highest BCUT2D eigenvalue weighted by Gasteiger charge is 2.27. The van der Waals surface area contributed by atoms with Crippen LogP contribution in [0.25, 0.3) is 0 Å². The molecule has 0 unspecified atom stereocenters. The Morgan fingerprint density at radius 2 is 2.09 bits per heavy atom. The number of hydrogen-bond donors (Lipinski definition) is 3. The van der Waals surface area contributed by atoms with Gasteiger partial charge < -0.3 is 15.8 Å². The lowest BCUT2D eigenvalue weighted by Crippen LogP contribution is -2.41. The van der Waals surface area contributed by atoms with Gasteiger partial charge in [0.2, 0.25) is 10.0 Å². The molecule has 4 N–H and O–H groups in total. The van der Waals surface area contributed by atoms with Gasteiger partial charge in [0.15, 0.2) is 0 Å². The van der Waals surface area contributed by atoms with Crippen LogP contribution in [-0.4, -0.2) is 53.6 Å². The van der Waals surface area contributed by atoms with Gasteiger partial charge in [-0.1, -0.05) is 6.07 Å². The molecule has 0 bridgehead atoms. The van der Waals surface area contributed by atoms with Crippen molar-refractivity contribution in [2.24, 2.45) is 5.73 Å². The number of alkyl halides is 2. The van der Waals surface area contributed by atoms with E-state index in [9.17, 15) is 22.0 Å². The van der Waals surface area contributed by atoms with Crippen molar-refractivity contribution in [3.63, 3.8) is 0 Å². The minimum absolute atomic E-state index is 0.0487. The van der Waals surface area contributed by atoms with Gasteiger partial charge in [0, 0.05) is 19.2 Å². The van der Waals surface area contributed by atoms with Gasteiger partial charge in [0.25, 0.3) is 11.8 Å². The maximum atomic E-state index is 13.0. The fourth-order valence-corrected chi connectivity index (χ4v) is 2.61. The number of methoxy groups -OCH3 is 1. The third-order valence-corrected chi connectivity index (χ3v) is 4.27. The quantitative estimate of drug-likeness (QED) is 0.540. The number of ether oxygens (including phenoxy) is 1. The Kier molecular flexibility index (Phi) is 7.01. The lowest BCUT2D eigenvalue weighted by atomic mass is 10.2. The van der Waals surface area contributed by atoms with Crippen molar-refractivity contribution in [3.8, 4) is 0 Å². The highest BCUT2D eigenvalue weighted by molar-refractivity contribution is 7.89. The van der Waals surface area contributed by atoms with Gasteiger partial charge in [-0.3, -0.25) is 4.79 Å². The molecule has 0 aliphatic heterocycles. The molecule has 0 aliphatic carbocycles. The molecule has 0 heterocycles. The number of nitrogens with two attached hydrogens (primary N) is 1. The van der Waals surface area contributed by atoms with Gasteiger partial charge in [0.05, 0.1) is 24.6 Å². The zero-order valence-corrected chi connectivity index (χ0v) is 13.3. The smallest absolute Gasteiger partial charge is 0.277 e. The van der Waals surface area contributed by atoms with E-state index in [2.05, 4.69) is 4.72 Å². The summed E-state index contributed by atoms with van der Waals surface area (Å²) in [6, 6.07) is 5.07. The maximum Gasteiger partial charge on any atom is 0.277 e. The minimum atomic E-state index is -3.81. The van der Waals surface area contributed by atoms with Gasteiger partial charge in [-0.05, 0) is 18.2 Å². The number of nitrogens with one attached hydrogen (secondary N) is 2. The Morgan fingerprint density at radius 3 is 2.70 bits per heavy atom. The number of halogens is 2. The number of sulfonamides is 1. The zero-order valence-electron chi connectivity index (χ0n) is 12.5. The molecule has 0 aliphatic rings. The summed E-state index contributed by atoms with van der Waals surface area (Å²) in [4.78, 5) is 11.7. The number of benzene rings is 1. The van der Waals surface area contributed by atoms with Crippen LogP contribution in [0.2, 0.25) is 0 Å². The number of hydrogen-bond acceptors (Lipinski definition) is 5. The van der Waals surface area contributed by atoms with Crippen molar-refractivity contribution < 1.29 is 26.7 Å². The van der Waals surface area contributed by atoms with E-state index in [4.69, 9.17) is 10.5 Å². The van der Waals surface area contributed by atoms with Crippen molar-refractivity contribution in [2.75, 3.05) is 33.4 Å². The van der Waals surface area contributed by atoms with Gasteiger partial charge in [-0.25, -0.2) is 21.9 Å². The van der Waals surface area contributed by atoms with Crippen molar-refractivity contribution in [1.82, 2.24) is 10.0 Å². The molecule has 0 saturated heterocycles. The van der Waals surface area contributed by atoms with Crippen molar-refractivity contribution in [2.45, 2.75) is 10.8 Å². The molecule has 0 radical (unpaired) electrons. The SMILES string of the molecule is COCCNS(=O)(=O)c1cccc(C(=O)NCC(F)(F)CN)c1. The van der Waals surface area contributed by atoms with E-state index in [-0.39, 0.29) is 23.6 Å². The molecule has 1 aromatic carbocycles. The molecule has 10 heteroatoms. The van der Waals surface area contributed by atoms with Crippen LogP contribution in [0.5, 0.6) is 0 Å². The summed E-state index contributed by atoms with van der Waals surface area (Å²) in [7, 11) is -2.39.